The summed E-state index contributed by atoms with van der Waals surface area (Å²) in [4.78, 5) is 26.9. The van der Waals surface area contributed by atoms with E-state index in [0.717, 1.165) is 11.1 Å². The molecule has 0 heterocycles. The summed E-state index contributed by atoms with van der Waals surface area (Å²) < 4.78 is 38.6. The molecule has 2 aliphatic carbocycles. The van der Waals surface area contributed by atoms with E-state index in [1.807, 2.05) is 12.1 Å². The Morgan fingerprint density at radius 1 is 0.875 bits per heavy atom. The molecule has 0 N–H and O–H groups in total. The molecule has 4 aromatic carbocycles. The zero-order valence-corrected chi connectivity index (χ0v) is 20.8. The van der Waals surface area contributed by atoms with Crippen LogP contribution in [0.15, 0.2) is 71.9 Å². The first-order valence-electron chi connectivity index (χ1n) is 12.0. The van der Waals surface area contributed by atoms with Gasteiger partial charge in [0.05, 0.1) is 25.3 Å². The van der Waals surface area contributed by atoms with Gasteiger partial charge in [-0.15, -0.1) is 0 Å². The fraction of sp³-hybridized carbons (Fsp3) is 0.0625. The summed E-state index contributed by atoms with van der Waals surface area (Å²) in [6.45, 7) is 7.62. The Balaban J connectivity index is 1.74. The van der Waals surface area contributed by atoms with Crippen molar-refractivity contribution in [3.05, 3.63) is 117 Å². The molecule has 192 valence electrons. The highest BCUT2D eigenvalue weighted by Gasteiger charge is 2.34. The summed E-state index contributed by atoms with van der Waals surface area (Å²) in [6.07, 6.45) is 0. The maximum absolute atomic E-state index is 14.4. The Labute approximate surface area is 226 Å². The summed E-state index contributed by atoms with van der Waals surface area (Å²) in [7, 11) is 1.18. The van der Waals surface area contributed by atoms with E-state index >= 15 is 0 Å². The molecule has 2 aliphatic rings. The Morgan fingerprint density at radius 3 is 2.10 bits per heavy atom. The minimum absolute atomic E-state index is 0.148. The molecule has 6 rings (SSSR count). The summed E-state index contributed by atoms with van der Waals surface area (Å²) >= 11 is 0. The third kappa shape index (κ3) is 3.44. The zero-order chi connectivity index (χ0) is 28.1. The van der Waals surface area contributed by atoms with Crippen LogP contribution in [0.3, 0.4) is 0 Å². The molecule has 0 fully saturated rings. The Morgan fingerprint density at radius 2 is 1.48 bits per heavy atom. The van der Waals surface area contributed by atoms with Crippen molar-refractivity contribution in [1.82, 2.24) is 0 Å². The van der Waals surface area contributed by atoms with Gasteiger partial charge >= 0.3 is 5.97 Å². The average Bonchev–Trinajstić information content (AvgIpc) is 3.46. The lowest BCUT2D eigenvalue weighted by Crippen LogP contribution is -2.04. The molecule has 0 amide bonds. The van der Waals surface area contributed by atoms with Crippen LogP contribution in [0.1, 0.15) is 22.3 Å². The lowest BCUT2D eigenvalue weighted by Gasteiger charge is -2.14. The molecule has 6 nitrogen and oxygen atoms in total. The van der Waals surface area contributed by atoms with Gasteiger partial charge in [-0.1, -0.05) is 36.4 Å². The van der Waals surface area contributed by atoms with E-state index in [1.165, 1.54) is 31.4 Å². The lowest BCUT2D eigenvalue weighted by molar-refractivity contribution is -0.135. The number of hydrogen-bond donors (Lipinski definition) is 0. The fourth-order valence-electron chi connectivity index (χ4n) is 5.72. The molecular weight excluding hydrogens is 514 g/mol. The van der Waals surface area contributed by atoms with Gasteiger partial charge in [-0.05, 0) is 79.5 Å². The smallest absolute Gasteiger partial charge is 0.336 e. The maximum Gasteiger partial charge on any atom is 0.336 e. The molecule has 0 saturated carbocycles. The van der Waals surface area contributed by atoms with E-state index in [4.69, 9.17) is 16.0 Å². The quantitative estimate of drug-likeness (QED) is 0.0863. The number of halogens is 2. The van der Waals surface area contributed by atoms with Crippen LogP contribution in [0.25, 0.3) is 49.0 Å². The molecule has 4 aromatic rings. The van der Waals surface area contributed by atoms with Gasteiger partial charge in [-0.3, -0.25) is 9.59 Å². The molecule has 0 aromatic heterocycles. The Bertz CT molecular complexity index is 1980. The normalized spacial score (nSPS) is 14.7. The first kappa shape index (κ1) is 24.7. The number of nitrogens with zero attached hydrogens (tertiary/aromatic N) is 2. The summed E-state index contributed by atoms with van der Waals surface area (Å²) in [5, 5.41) is 11.4. The van der Waals surface area contributed by atoms with Crippen LogP contribution in [-0.2, 0) is 19.1 Å². The zero-order valence-electron chi connectivity index (χ0n) is 20.8. The van der Waals surface area contributed by atoms with Gasteiger partial charge in [-0.25, -0.2) is 13.6 Å². The average molecular weight is 530 g/mol. The minimum atomic E-state index is -0.835. The largest absolute Gasteiger partial charge is 0.474 e. The summed E-state index contributed by atoms with van der Waals surface area (Å²) in [5.41, 5.74) is 5.49. The minimum Gasteiger partial charge on any atom is -0.474 e. The highest BCUT2D eigenvalue weighted by molar-refractivity contribution is 6.20. The van der Waals surface area contributed by atoms with E-state index in [2.05, 4.69) is 10.9 Å². The Hall–Kier alpha value is -5.60. The second-order valence-electron chi connectivity index (χ2n) is 9.15. The summed E-state index contributed by atoms with van der Waals surface area (Å²) in [6, 6.07) is 17.9. The molecule has 0 radical (unpaired) electrons. The third-order valence-electron chi connectivity index (χ3n) is 7.24. The van der Waals surface area contributed by atoms with E-state index in [0.29, 0.717) is 49.7 Å². The topological polar surface area (TPSA) is 80.8 Å². The maximum atomic E-state index is 14.4. The highest BCUT2D eigenvalue weighted by Crippen LogP contribution is 2.54. The van der Waals surface area contributed by atoms with Crippen molar-refractivity contribution >= 4 is 34.4 Å². The molecule has 40 heavy (non-hydrogen) atoms. The van der Waals surface area contributed by atoms with E-state index < -0.39 is 17.6 Å². The van der Waals surface area contributed by atoms with Crippen LogP contribution >= 0.6 is 0 Å². The van der Waals surface area contributed by atoms with Crippen molar-refractivity contribution in [2.24, 2.45) is 0 Å². The fourth-order valence-corrected chi connectivity index (χ4v) is 5.72. The molecule has 0 atom stereocenters. The van der Waals surface area contributed by atoms with Crippen molar-refractivity contribution < 1.29 is 27.8 Å². The van der Waals surface area contributed by atoms with Gasteiger partial charge < -0.3 is 9.47 Å². The van der Waals surface area contributed by atoms with Crippen molar-refractivity contribution in [3.8, 4) is 28.3 Å². The second-order valence-corrected chi connectivity index (χ2v) is 9.15. The van der Waals surface area contributed by atoms with Crippen molar-refractivity contribution in [1.29, 1.82) is 5.26 Å². The van der Waals surface area contributed by atoms with Gasteiger partial charge in [0.25, 0.3) is 12.2 Å². The van der Waals surface area contributed by atoms with E-state index in [-0.39, 0.29) is 29.9 Å². The van der Waals surface area contributed by atoms with Gasteiger partial charge in [0.1, 0.15) is 18.2 Å². The number of fused-ring (bicyclic) bond motifs is 9. The number of hydrogen-bond acceptors (Lipinski definition) is 5. The number of carbonyl (C=O) groups excluding carboxylic acids is 2. The third-order valence-corrected chi connectivity index (χ3v) is 7.24. The number of nitriles is 1. The monoisotopic (exact) mass is 530 g/mol. The number of methoxy groups -OCH3 is 1. The summed E-state index contributed by atoms with van der Waals surface area (Å²) in [5.74, 6) is -1.85. The van der Waals surface area contributed by atoms with Gasteiger partial charge in [0.2, 0.25) is 0 Å². The Kier molecular flexibility index (Phi) is 5.75. The molecular formula is C32H16F2N2O4. The predicted octanol–water partition coefficient (Wildman–Crippen LogP) is 6.43. The number of benzene rings is 4. The molecule has 0 spiro atoms. The standard InChI is InChI=1S/C32H16F2N2O4/c1-36-31(32(38)39-2)30-24-10-9-22-21(28(24)23-6-4-18(34)12-26(23)30)8-7-20-19-5-3-17(33)11-25(19)27(29(20)22)16(13-35)14-40-15-37/h3-12,15H,14H2,2H3/b27-16+,31-30+. The van der Waals surface area contributed by atoms with Gasteiger partial charge in [0.15, 0.2) is 0 Å². The van der Waals surface area contributed by atoms with Gasteiger partial charge in [0, 0.05) is 11.1 Å². The van der Waals surface area contributed by atoms with E-state index in [1.54, 1.807) is 24.3 Å². The second kappa shape index (κ2) is 9.30. The number of carbonyl (C=O) groups is 2. The van der Waals surface area contributed by atoms with Crippen molar-refractivity contribution in [3.63, 3.8) is 0 Å². The molecule has 0 aliphatic heterocycles. The number of esters is 1. The highest BCUT2D eigenvalue weighted by atomic mass is 19.1. The molecule has 0 bridgehead atoms. The first-order chi connectivity index (χ1) is 19.4. The first-order valence-corrected chi connectivity index (χ1v) is 12.0. The van der Waals surface area contributed by atoms with E-state index in [9.17, 15) is 23.6 Å². The van der Waals surface area contributed by atoms with Gasteiger partial charge in [-0.2, -0.15) is 5.26 Å². The lowest BCUT2D eigenvalue weighted by atomic mass is 9.89. The SMILES string of the molecule is [C-]#[N+]/C(C(=O)OC)=C1/c2cc(F)ccc2-c2c1ccc1c3c(ccc21)-c1ccc(F)cc1/C3=C(/C#N)COC=O. The number of rotatable bonds is 4. The van der Waals surface area contributed by atoms with Crippen LogP contribution < -0.4 is 0 Å². The molecule has 0 unspecified atom stereocenters. The number of ether oxygens (including phenoxy) is 2. The van der Waals surface area contributed by atoms with Crippen LogP contribution in [0, 0.1) is 29.5 Å². The molecule has 8 heteroatoms. The van der Waals surface area contributed by atoms with Crippen molar-refractivity contribution in [2.75, 3.05) is 13.7 Å². The van der Waals surface area contributed by atoms with Crippen molar-refractivity contribution in [2.45, 2.75) is 0 Å². The predicted molar refractivity (Wildman–Crippen MR) is 143 cm³/mol. The van der Waals surface area contributed by atoms with Crippen LogP contribution in [0.4, 0.5) is 8.78 Å². The molecule has 0 saturated heterocycles. The van der Waals surface area contributed by atoms with Crippen LogP contribution in [-0.4, -0.2) is 26.2 Å². The van der Waals surface area contributed by atoms with Crippen LogP contribution in [0.5, 0.6) is 0 Å². The van der Waals surface area contributed by atoms with Crippen LogP contribution in [0.2, 0.25) is 0 Å².